The number of rotatable bonds is 55. The van der Waals surface area contributed by atoms with Crippen LogP contribution in [-0.4, -0.2) is 34.9 Å². The van der Waals surface area contributed by atoms with Gasteiger partial charge in [0.05, 0.1) is 18.8 Å². The van der Waals surface area contributed by atoms with Gasteiger partial charge in [-0.2, -0.15) is 0 Å². The van der Waals surface area contributed by atoms with Gasteiger partial charge in [-0.25, -0.2) is 0 Å². The topological polar surface area (TPSA) is 69.6 Å². The van der Waals surface area contributed by atoms with E-state index in [9.17, 15) is 15.0 Å². The molecule has 0 saturated heterocycles. The van der Waals surface area contributed by atoms with Gasteiger partial charge in [-0.05, 0) is 70.6 Å². The van der Waals surface area contributed by atoms with Gasteiger partial charge in [0.25, 0.3) is 0 Å². The van der Waals surface area contributed by atoms with E-state index in [1.54, 1.807) is 6.08 Å². The summed E-state index contributed by atoms with van der Waals surface area (Å²) < 4.78 is 0. The molecule has 0 aromatic heterocycles. The zero-order valence-corrected chi connectivity index (χ0v) is 46.1. The van der Waals surface area contributed by atoms with Crippen LogP contribution in [0, 0.1) is 0 Å². The summed E-state index contributed by atoms with van der Waals surface area (Å²) in [6.07, 6.45) is 87.6. The van der Waals surface area contributed by atoms with E-state index in [4.69, 9.17) is 0 Å². The number of hydrogen-bond acceptors (Lipinski definition) is 3. The summed E-state index contributed by atoms with van der Waals surface area (Å²) in [5, 5.41) is 23.2. The molecule has 3 N–H and O–H groups in total. The lowest BCUT2D eigenvalue weighted by Crippen LogP contribution is -2.45. The Hall–Kier alpha value is -2.43. The van der Waals surface area contributed by atoms with Crippen molar-refractivity contribution in [2.24, 2.45) is 0 Å². The third-order valence-corrected chi connectivity index (χ3v) is 13.6. The third kappa shape index (κ3) is 56.4. The van der Waals surface area contributed by atoms with Crippen molar-refractivity contribution in [2.75, 3.05) is 6.61 Å². The molecule has 0 radical (unpaired) electrons. The Bertz CT molecular complexity index is 1230. The minimum absolute atomic E-state index is 0.0617. The second kappa shape index (κ2) is 59.9. The van der Waals surface area contributed by atoms with E-state index in [2.05, 4.69) is 92.1 Å². The zero-order valence-electron chi connectivity index (χ0n) is 46.1. The maximum atomic E-state index is 12.5. The molecule has 0 aliphatic rings. The van der Waals surface area contributed by atoms with E-state index in [1.807, 2.05) is 6.08 Å². The SMILES string of the molecule is CC/C=C\C/C=C\C/C=C\C/C=C\C/C=C\C/C=C\CCCCCCCCCCCCCCCCCCCCC(=O)NC(CO)C(O)/C=C/CCCCCCCCCCCCCCCCCCCC. The molecule has 0 aromatic carbocycles. The van der Waals surface area contributed by atoms with Crippen LogP contribution in [-0.2, 0) is 4.79 Å². The highest BCUT2D eigenvalue weighted by atomic mass is 16.3. The van der Waals surface area contributed by atoms with Gasteiger partial charge in [0, 0.05) is 6.42 Å². The molecule has 4 nitrogen and oxygen atoms in total. The maximum absolute atomic E-state index is 12.5. The molecular formula is C65H117NO3. The first-order valence-corrected chi connectivity index (χ1v) is 30.3. The van der Waals surface area contributed by atoms with Crippen molar-refractivity contribution < 1.29 is 15.0 Å². The number of aliphatic hydroxyl groups is 2. The zero-order chi connectivity index (χ0) is 49.9. The minimum Gasteiger partial charge on any atom is -0.394 e. The second-order valence-electron chi connectivity index (χ2n) is 20.4. The van der Waals surface area contributed by atoms with Crippen LogP contribution in [0.15, 0.2) is 85.1 Å². The number of carbonyl (C=O) groups excluding carboxylic acids is 1. The van der Waals surface area contributed by atoms with E-state index < -0.39 is 12.1 Å². The van der Waals surface area contributed by atoms with Gasteiger partial charge in [-0.15, -0.1) is 0 Å². The van der Waals surface area contributed by atoms with Gasteiger partial charge in [0.1, 0.15) is 0 Å². The number of allylic oxidation sites excluding steroid dienone is 13. The van der Waals surface area contributed by atoms with Crippen LogP contribution in [0.3, 0.4) is 0 Å². The summed E-state index contributed by atoms with van der Waals surface area (Å²) in [6, 6.07) is -0.625. The van der Waals surface area contributed by atoms with Crippen molar-refractivity contribution in [1.29, 1.82) is 0 Å². The van der Waals surface area contributed by atoms with Gasteiger partial charge in [-0.1, -0.05) is 311 Å². The van der Waals surface area contributed by atoms with E-state index in [0.29, 0.717) is 6.42 Å². The average molecular weight is 961 g/mol. The predicted octanol–water partition coefficient (Wildman–Crippen LogP) is 20.3. The quantitative estimate of drug-likeness (QED) is 0.0420. The number of carbonyl (C=O) groups is 1. The Labute approximate surface area is 431 Å². The fraction of sp³-hybridized carbons (Fsp3) is 0.769. The molecule has 0 aliphatic carbocycles. The van der Waals surface area contributed by atoms with Crippen molar-refractivity contribution >= 4 is 5.91 Å². The summed E-state index contributed by atoms with van der Waals surface area (Å²) in [6.45, 7) is 4.22. The van der Waals surface area contributed by atoms with Crippen LogP contribution in [0.5, 0.6) is 0 Å². The van der Waals surface area contributed by atoms with Gasteiger partial charge < -0.3 is 15.5 Å². The van der Waals surface area contributed by atoms with E-state index in [-0.39, 0.29) is 12.5 Å². The first-order chi connectivity index (χ1) is 34.2. The van der Waals surface area contributed by atoms with Crippen molar-refractivity contribution in [3.63, 3.8) is 0 Å². The standard InChI is InChI=1S/C65H117NO3/c1-3-5-7-9-11-13-15-17-19-21-23-25-26-27-28-29-30-31-32-33-34-35-36-37-38-39-40-41-43-45-47-49-51-53-55-57-59-61-65(69)66-63(62-67)64(68)60-58-56-54-52-50-48-46-44-42-24-22-20-18-16-14-12-10-8-6-4-2/h5,7,11,13,17,19,23,25,27-28,30-31,58,60,63-64,67-68H,3-4,6,8-10,12,14-16,18,20-22,24,26,29,32-57,59,61-62H2,1-2H3,(H,66,69)/b7-5-,13-11-,19-17-,25-23-,28-27-,31-30-,60-58+. The third-order valence-electron chi connectivity index (χ3n) is 13.6. The summed E-state index contributed by atoms with van der Waals surface area (Å²) in [4.78, 5) is 12.5. The lowest BCUT2D eigenvalue weighted by molar-refractivity contribution is -0.123. The monoisotopic (exact) mass is 960 g/mol. The smallest absolute Gasteiger partial charge is 0.220 e. The van der Waals surface area contributed by atoms with E-state index in [1.165, 1.54) is 218 Å². The number of hydrogen-bond donors (Lipinski definition) is 3. The number of unbranched alkanes of at least 4 members (excludes halogenated alkanes) is 36. The van der Waals surface area contributed by atoms with E-state index in [0.717, 1.165) is 64.2 Å². The summed E-state index contributed by atoms with van der Waals surface area (Å²) in [5.41, 5.74) is 0. The van der Waals surface area contributed by atoms with Crippen molar-refractivity contribution in [3.8, 4) is 0 Å². The molecule has 0 rings (SSSR count). The van der Waals surface area contributed by atoms with Gasteiger partial charge in [-0.3, -0.25) is 4.79 Å². The summed E-state index contributed by atoms with van der Waals surface area (Å²) in [7, 11) is 0. The van der Waals surface area contributed by atoms with Gasteiger partial charge in [0.2, 0.25) is 5.91 Å². The van der Waals surface area contributed by atoms with E-state index >= 15 is 0 Å². The van der Waals surface area contributed by atoms with Crippen molar-refractivity contribution in [2.45, 2.75) is 315 Å². The first-order valence-electron chi connectivity index (χ1n) is 30.3. The molecule has 0 aliphatic heterocycles. The van der Waals surface area contributed by atoms with Crippen LogP contribution in [0.25, 0.3) is 0 Å². The lowest BCUT2D eigenvalue weighted by Gasteiger charge is -2.20. The highest BCUT2D eigenvalue weighted by Crippen LogP contribution is 2.17. The normalized spacial score (nSPS) is 13.4. The molecule has 0 spiro atoms. The van der Waals surface area contributed by atoms with Crippen LogP contribution >= 0.6 is 0 Å². The molecular weight excluding hydrogens is 843 g/mol. The molecule has 0 fully saturated rings. The fourth-order valence-corrected chi connectivity index (χ4v) is 9.07. The molecule has 1 amide bonds. The van der Waals surface area contributed by atoms with Gasteiger partial charge >= 0.3 is 0 Å². The molecule has 400 valence electrons. The molecule has 2 atom stereocenters. The molecule has 4 heteroatoms. The van der Waals surface area contributed by atoms with Crippen molar-refractivity contribution in [1.82, 2.24) is 5.32 Å². The molecule has 0 bridgehead atoms. The lowest BCUT2D eigenvalue weighted by atomic mass is 10.0. The maximum Gasteiger partial charge on any atom is 0.220 e. The van der Waals surface area contributed by atoms with Crippen LogP contribution < -0.4 is 5.32 Å². The summed E-state index contributed by atoms with van der Waals surface area (Å²) in [5.74, 6) is -0.0617. The largest absolute Gasteiger partial charge is 0.394 e. The highest BCUT2D eigenvalue weighted by Gasteiger charge is 2.18. The van der Waals surface area contributed by atoms with Crippen molar-refractivity contribution in [3.05, 3.63) is 85.1 Å². The van der Waals surface area contributed by atoms with Gasteiger partial charge in [0.15, 0.2) is 0 Å². The second-order valence-corrected chi connectivity index (χ2v) is 20.4. The van der Waals surface area contributed by atoms with Crippen LogP contribution in [0.1, 0.15) is 303 Å². The highest BCUT2D eigenvalue weighted by molar-refractivity contribution is 5.76. The average Bonchev–Trinajstić information content (AvgIpc) is 3.35. The molecule has 0 heterocycles. The van der Waals surface area contributed by atoms with Crippen LogP contribution in [0.2, 0.25) is 0 Å². The van der Waals surface area contributed by atoms with Crippen LogP contribution in [0.4, 0.5) is 0 Å². The Morgan fingerprint density at radius 2 is 0.638 bits per heavy atom. The number of amides is 1. The molecule has 2 unspecified atom stereocenters. The Morgan fingerprint density at radius 3 is 0.957 bits per heavy atom. The fourth-order valence-electron chi connectivity index (χ4n) is 9.07. The molecule has 69 heavy (non-hydrogen) atoms. The Morgan fingerprint density at radius 1 is 0.362 bits per heavy atom. The molecule has 0 saturated carbocycles. The number of aliphatic hydroxyl groups excluding tert-OH is 2. The summed E-state index contributed by atoms with van der Waals surface area (Å²) >= 11 is 0. The minimum atomic E-state index is -0.842. The first kappa shape index (κ1) is 66.6. The molecule has 0 aromatic rings. The number of nitrogens with one attached hydrogen (secondary N) is 1. The predicted molar refractivity (Wildman–Crippen MR) is 308 cm³/mol. The Balaban J connectivity index is 3.48. The Kier molecular flexibility index (Phi) is 57.8.